The standard InChI is InChI=1S/C11H8N4OS.C11H10N2O.C7H15N.C5H10O.C2H6.C2H2/c1-6-5-17-11(12-6)13-10(16)7-3-2-4-8-9(7)15-14-8;1-12-11(14)10-6-8-4-2-3-5-9(8)7-13-10;1-4-5-6-7-8(2)3;1-4-5(2)6-3;2*1-2/h2-5H,1H3,(H,12,13,16);2-7H,1H3,(H,12,14);4-5H,6-7H2,1-3H3;4H,1-3H3;1-2H3;1-2H/b;;2*5-4+;;. The van der Waals surface area contributed by atoms with Crippen molar-refractivity contribution in [2.45, 2.75) is 48.0 Å². The van der Waals surface area contributed by atoms with Gasteiger partial charge in [0.2, 0.25) is 0 Å². The lowest BCUT2D eigenvalue weighted by atomic mass is 10.1. The fourth-order valence-corrected chi connectivity index (χ4v) is 4.17. The molecule has 49 heavy (non-hydrogen) atoms. The average Bonchev–Trinajstić information content (AvgIpc) is 3.54. The Bertz CT molecular complexity index is 1670. The van der Waals surface area contributed by atoms with Gasteiger partial charge in [0, 0.05) is 30.6 Å². The molecule has 11 heteroatoms. The van der Waals surface area contributed by atoms with Crippen LogP contribution in [0.1, 0.15) is 67.6 Å². The predicted octanol–water partition coefficient (Wildman–Crippen LogP) is 9.37. The van der Waals surface area contributed by atoms with Gasteiger partial charge in [-0.1, -0.05) is 62.4 Å². The molecule has 0 radical (unpaired) electrons. The zero-order valence-electron chi connectivity index (χ0n) is 30.4. The summed E-state index contributed by atoms with van der Waals surface area (Å²) >= 11 is 1.40. The van der Waals surface area contributed by atoms with E-state index in [1.807, 2.05) is 76.4 Å². The van der Waals surface area contributed by atoms with E-state index in [9.17, 15) is 9.59 Å². The van der Waals surface area contributed by atoms with E-state index < -0.39 is 0 Å². The van der Waals surface area contributed by atoms with Gasteiger partial charge in [-0.2, -0.15) is 0 Å². The number of anilines is 1. The Kier molecular flexibility index (Phi) is 23.1. The number of amides is 2. The summed E-state index contributed by atoms with van der Waals surface area (Å²) in [6, 6.07) is 15.0. The smallest absolute Gasteiger partial charge is 0.269 e. The van der Waals surface area contributed by atoms with Gasteiger partial charge in [0.15, 0.2) is 5.13 Å². The summed E-state index contributed by atoms with van der Waals surface area (Å²) in [5.74, 6) is 0.612. The van der Waals surface area contributed by atoms with Crippen LogP contribution >= 0.6 is 11.3 Å². The number of methoxy groups -OCH3 is 1. The van der Waals surface area contributed by atoms with Crippen molar-refractivity contribution in [3.8, 4) is 12.8 Å². The van der Waals surface area contributed by atoms with Crippen molar-refractivity contribution >= 4 is 50.4 Å². The van der Waals surface area contributed by atoms with E-state index in [2.05, 4.69) is 81.7 Å². The molecule has 0 atom stereocenters. The second-order valence-corrected chi connectivity index (χ2v) is 10.7. The molecule has 2 aromatic heterocycles. The number of thiazole rings is 1. The number of nitrogens with one attached hydrogen (secondary N) is 2. The number of carbonyl (C=O) groups excluding carboxylic acids is 2. The Morgan fingerprint density at radius 2 is 1.67 bits per heavy atom. The number of rotatable bonds is 7. The number of terminal acetylenes is 1. The van der Waals surface area contributed by atoms with E-state index in [0.29, 0.717) is 22.1 Å². The lowest BCUT2D eigenvalue weighted by Crippen LogP contribution is -2.18. The number of aryl methyl sites for hydroxylation is 1. The molecular formula is C38H51N7O3S. The third-order valence-corrected chi connectivity index (χ3v) is 7.03. The maximum atomic E-state index is 12.0. The highest BCUT2D eigenvalue weighted by Crippen LogP contribution is 2.40. The van der Waals surface area contributed by atoms with Crippen molar-refractivity contribution in [2.75, 3.05) is 40.1 Å². The van der Waals surface area contributed by atoms with E-state index in [4.69, 9.17) is 4.74 Å². The molecule has 10 nitrogen and oxygen atoms in total. The minimum atomic E-state index is -0.199. The van der Waals surface area contributed by atoms with E-state index >= 15 is 0 Å². The molecule has 2 amide bonds. The Morgan fingerprint density at radius 3 is 2.16 bits per heavy atom. The zero-order chi connectivity index (χ0) is 37.2. The van der Waals surface area contributed by atoms with Gasteiger partial charge < -0.3 is 15.0 Å². The summed E-state index contributed by atoms with van der Waals surface area (Å²) in [5.41, 5.74) is 3.29. The fraction of sp³-hybridized carbons (Fsp3) is 0.316. The lowest BCUT2D eigenvalue weighted by molar-refractivity contribution is 0.0957. The molecule has 1 aliphatic heterocycles. The Labute approximate surface area is 296 Å². The average molecular weight is 686 g/mol. The highest BCUT2D eigenvalue weighted by Gasteiger charge is 2.20. The van der Waals surface area contributed by atoms with Crippen molar-refractivity contribution in [3.05, 3.63) is 101 Å². The molecule has 262 valence electrons. The van der Waals surface area contributed by atoms with Gasteiger partial charge in [-0.05, 0) is 71.8 Å². The molecule has 0 bridgehead atoms. The number of nitrogens with zero attached hydrogens (tertiary/aromatic N) is 5. The third-order valence-electron chi connectivity index (χ3n) is 6.15. The molecule has 0 fully saturated rings. The number of pyridine rings is 1. The molecule has 2 N–H and O–H groups in total. The maximum absolute atomic E-state index is 12.0. The van der Waals surface area contributed by atoms with Crippen LogP contribution in [0.5, 0.6) is 0 Å². The first-order valence-electron chi connectivity index (χ1n) is 15.7. The van der Waals surface area contributed by atoms with Crippen LogP contribution in [0.3, 0.4) is 0 Å². The summed E-state index contributed by atoms with van der Waals surface area (Å²) in [6.07, 6.45) is 17.1. The normalized spacial score (nSPS) is 10.4. The molecule has 3 heterocycles. The first-order chi connectivity index (χ1) is 23.6. The number of carbonyl (C=O) groups is 2. The highest BCUT2D eigenvalue weighted by atomic mass is 32.1. The van der Waals surface area contributed by atoms with Crippen LogP contribution in [0.15, 0.2) is 94.3 Å². The molecule has 0 unspecified atom stereocenters. The largest absolute Gasteiger partial charge is 0.502 e. The number of allylic oxidation sites excluding steroid dienone is 3. The van der Waals surface area contributed by atoms with E-state index in [1.54, 1.807) is 38.6 Å². The number of ether oxygens (including phenoxy) is 1. The monoisotopic (exact) mass is 685 g/mol. The first kappa shape index (κ1) is 43.8. The van der Waals surface area contributed by atoms with Gasteiger partial charge in [-0.25, -0.2) is 4.98 Å². The van der Waals surface area contributed by atoms with Crippen molar-refractivity contribution in [1.82, 2.24) is 20.2 Å². The van der Waals surface area contributed by atoms with Gasteiger partial charge in [0.1, 0.15) is 17.1 Å². The first-order valence-corrected chi connectivity index (χ1v) is 16.6. The molecule has 1 aliphatic rings. The number of aromatic nitrogens is 2. The third kappa shape index (κ3) is 16.5. The predicted molar refractivity (Wildman–Crippen MR) is 206 cm³/mol. The molecule has 0 saturated heterocycles. The second kappa shape index (κ2) is 25.9. The fourth-order valence-electron chi connectivity index (χ4n) is 3.49. The number of fused-ring (bicyclic) bond motifs is 2. The number of hydrogen-bond donors (Lipinski definition) is 2. The zero-order valence-corrected chi connectivity index (χ0v) is 31.3. The minimum Gasteiger partial charge on any atom is -0.502 e. The molecule has 4 aromatic rings. The van der Waals surface area contributed by atoms with Crippen LogP contribution in [0.4, 0.5) is 16.5 Å². The van der Waals surface area contributed by atoms with Gasteiger partial charge in [-0.15, -0.1) is 34.4 Å². The summed E-state index contributed by atoms with van der Waals surface area (Å²) in [4.78, 5) is 33.7. The lowest BCUT2D eigenvalue weighted by Gasteiger charge is -2.11. The molecule has 0 spiro atoms. The maximum Gasteiger partial charge on any atom is 0.269 e. The van der Waals surface area contributed by atoms with Crippen LogP contribution in [-0.2, 0) is 4.74 Å². The Balaban J connectivity index is 0.000000649. The molecule has 0 saturated carbocycles. The van der Waals surface area contributed by atoms with Gasteiger partial charge in [-0.3, -0.25) is 19.9 Å². The van der Waals surface area contributed by atoms with Crippen molar-refractivity contribution in [1.29, 1.82) is 0 Å². The topological polar surface area (TPSA) is 121 Å². The highest BCUT2D eigenvalue weighted by molar-refractivity contribution is 7.13. The van der Waals surface area contributed by atoms with Crippen LogP contribution in [0.25, 0.3) is 10.8 Å². The van der Waals surface area contributed by atoms with Gasteiger partial charge in [0.05, 0.1) is 24.1 Å². The molecule has 5 rings (SSSR count). The number of benzene rings is 2. The molecular weight excluding hydrogens is 635 g/mol. The Morgan fingerprint density at radius 1 is 1.00 bits per heavy atom. The van der Waals surface area contributed by atoms with Crippen molar-refractivity contribution in [2.24, 2.45) is 10.2 Å². The van der Waals surface area contributed by atoms with Crippen LogP contribution in [0, 0.1) is 19.8 Å². The van der Waals surface area contributed by atoms with Crippen molar-refractivity contribution in [3.63, 3.8) is 0 Å². The van der Waals surface area contributed by atoms with Gasteiger partial charge >= 0.3 is 0 Å². The second-order valence-electron chi connectivity index (χ2n) is 9.88. The Hall–Kier alpha value is -5.18. The van der Waals surface area contributed by atoms with Crippen molar-refractivity contribution < 1.29 is 14.3 Å². The number of azo groups is 1. The summed E-state index contributed by atoms with van der Waals surface area (Å²) in [5, 5.41) is 17.5. The molecule has 0 aliphatic carbocycles. The quantitative estimate of drug-likeness (QED) is 0.100. The van der Waals surface area contributed by atoms with E-state index in [-0.39, 0.29) is 11.8 Å². The molecule has 2 aromatic carbocycles. The number of hydrogen-bond acceptors (Lipinski definition) is 9. The summed E-state index contributed by atoms with van der Waals surface area (Å²) in [6.45, 7) is 13.0. The van der Waals surface area contributed by atoms with Gasteiger partial charge in [0.25, 0.3) is 11.8 Å². The van der Waals surface area contributed by atoms with Crippen LogP contribution in [-0.4, -0.2) is 61.5 Å². The van der Waals surface area contributed by atoms with E-state index in [1.165, 1.54) is 17.8 Å². The SMILES string of the molecule is C#C.C/C=C(\C)OC.C/C=C/CCN(C)C.CC.CNC(=O)c1cc2ccccc2cn1.Cc1csc(NC(=O)c2cccc3c2N=N3)n1. The van der Waals surface area contributed by atoms with Crippen LogP contribution in [0.2, 0.25) is 0 Å². The van der Waals surface area contributed by atoms with Crippen LogP contribution < -0.4 is 10.6 Å². The summed E-state index contributed by atoms with van der Waals surface area (Å²) < 4.78 is 4.76. The minimum absolute atomic E-state index is 0.157. The summed E-state index contributed by atoms with van der Waals surface area (Å²) in [7, 11) is 7.43. The van der Waals surface area contributed by atoms with E-state index in [0.717, 1.165) is 34.5 Å².